The molecule has 1 aromatic carbocycles. The van der Waals surface area contributed by atoms with Gasteiger partial charge >= 0.3 is 0 Å². The van der Waals surface area contributed by atoms with Crippen LogP contribution < -0.4 is 4.90 Å². The summed E-state index contributed by atoms with van der Waals surface area (Å²) in [7, 11) is 0. The number of rotatable bonds is 3. The van der Waals surface area contributed by atoms with Crippen molar-refractivity contribution in [2.75, 3.05) is 11.4 Å². The van der Waals surface area contributed by atoms with E-state index in [0.29, 0.717) is 6.04 Å². The minimum absolute atomic E-state index is 0.324. The molecule has 2 heteroatoms. The highest BCUT2D eigenvalue weighted by Crippen LogP contribution is 2.40. The van der Waals surface area contributed by atoms with Crippen LogP contribution in [0.1, 0.15) is 63.5 Å². The van der Waals surface area contributed by atoms with Gasteiger partial charge in [-0.15, -0.1) is 0 Å². The third-order valence-corrected chi connectivity index (χ3v) is 5.24. The Bertz CT molecular complexity index is 443. The molecule has 1 aliphatic heterocycles. The summed E-state index contributed by atoms with van der Waals surface area (Å²) in [6.45, 7) is 3.22. The van der Waals surface area contributed by atoms with Crippen LogP contribution in [-0.2, 0) is 0 Å². The topological polar surface area (TPSA) is 23.5 Å². The highest BCUT2D eigenvalue weighted by Gasteiger charge is 2.34. The Morgan fingerprint density at radius 3 is 2.75 bits per heavy atom. The molecule has 0 aromatic heterocycles. The zero-order chi connectivity index (χ0) is 13.9. The number of nitrogens with zero attached hydrogens (tertiary/aromatic N) is 1. The van der Waals surface area contributed by atoms with Crippen LogP contribution in [-0.4, -0.2) is 17.7 Å². The van der Waals surface area contributed by atoms with Gasteiger partial charge in [0.2, 0.25) is 0 Å². The predicted molar refractivity (Wildman–Crippen MR) is 84.0 cm³/mol. The molecular weight excluding hydrogens is 246 g/mol. The highest BCUT2D eigenvalue weighted by molar-refractivity contribution is 5.56. The summed E-state index contributed by atoms with van der Waals surface area (Å²) in [5.41, 5.74) is 2.42. The Balaban J connectivity index is 1.91. The summed E-state index contributed by atoms with van der Waals surface area (Å²) in [6.07, 6.45) is 8.69. The molecule has 2 fully saturated rings. The fourth-order valence-corrected chi connectivity index (χ4v) is 4.17. The van der Waals surface area contributed by atoms with Crippen LogP contribution in [0.4, 0.5) is 5.69 Å². The van der Waals surface area contributed by atoms with E-state index < -0.39 is 0 Å². The van der Waals surface area contributed by atoms with Crippen LogP contribution in [0.3, 0.4) is 0 Å². The van der Waals surface area contributed by atoms with E-state index in [1.165, 1.54) is 44.2 Å². The highest BCUT2D eigenvalue weighted by atomic mass is 16.3. The molecule has 3 rings (SSSR count). The number of aliphatic hydroxyl groups excluding tert-OH is 1. The molecule has 1 unspecified atom stereocenters. The van der Waals surface area contributed by atoms with Gasteiger partial charge < -0.3 is 10.0 Å². The van der Waals surface area contributed by atoms with Crippen molar-refractivity contribution in [1.82, 2.24) is 0 Å². The molecule has 0 amide bonds. The van der Waals surface area contributed by atoms with Gasteiger partial charge in [-0.05, 0) is 44.1 Å². The molecular formula is C18H27NO. The van der Waals surface area contributed by atoms with Crippen molar-refractivity contribution < 1.29 is 5.11 Å². The third kappa shape index (κ3) is 2.58. The first-order chi connectivity index (χ1) is 9.81. The lowest BCUT2D eigenvalue weighted by molar-refractivity contribution is 0.173. The van der Waals surface area contributed by atoms with Crippen LogP contribution in [0.5, 0.6) is 0 Å². The summed E-state index contributed by atoms with van der Waals surface area (Å²) in [6, 6.07) is 9.21. The SMILES string of the molecule is CCC(O)c1ccccc1N1CCC[C@H]2CCCC[C@H]21. The van der Waals surface area contributed by atoms with Gasteiger partial charge in [-0.25, -0.2) is 0 Å². The molecule has 0 spiro atoms. The number of fused-ring (bicyclic) bond motifs is 1. The van der Waals surface area contributed by atoms with Crippen LogP contribution in [0.2, 0.25) is 0 Å². The Hall–Kier alpha value is -1.02. The van der Waals surface area contributed by atoms with Gasteiger partial charge in [0, 0.05) is 23.8 Å². The first-order valence-corrected chi connectivity index (χ1v) is 8.35. The second-order valence-corrected chi connectivity index (χ2v) is 6.43. The standard InChI is InChI=1S/C18H27NO/c1-2-18(20)15-10-4-6-12-17(15)19-13-7-9-14-8-3-5-11-16(14)19/h4,6,10,12,14,16,18,20H,2-3,5,7-9,11,13H2,1H3/t14-,16-,18?/m1/s1. The molecule has 2 nitrogen and oxygen atoms in total. The molecule has 110 valence electrons. The van der Waals surface area contributed by atoms with Gasteiger partial charge in [0.15, 0.2) is 0 Å². The van der Waals surface area contributed by atoms with Crippen molar-refractivity contribution in [1.29, 1.82) is 0 Å². The monoisotopic (exact) mass is 273 g/mol. The number of hydrogen-bond donors (Lipinski definition) is 1. The first-order valence-electron chi connectivity index (χ1n) is 8.35. The molecule has 1 aromatic rings. The van der Waals surface area contributed by atoms with E-state index in [-0.39, 0.29) is 6.10 Å². The summed E-state index contributed by atoms with van der Waals surface area (Å²) < 4.78 is 0. The number of aliphatic hydroxyl groups is 1. The Morgan fingerprint density at radius 1 is 1.15 bits per heavy atom. The van der Waals surface area contributed by atoms with Crippen molar-refractivity contribution in [3.8, 4) is 0 Å². The van der Waals surface area contributed by atoms with E-state index in [1.54, 1.807) is 0 Å². The molecule has 1 saturated carbocycles. The van der Waals surface area contributed by atoms with Gasteiger partial charge in [-0.1, -0.05) is 38.0 Å². The van der Waals surface area contributed by atoms with Gasteiger partial charge in [-0.2, -0.15) is 0 Å². The summed E-state index contributed by atoms with van der Waals surface area (Å²) in [5, 5.41) is 10.3. The van der Waals surface area contributed by atoms with Crippen LogP contribution in [0.15, 0.2) is 24.3 Å². The number of para-hydroxylation sites is 1. The van der Waals surface area contributed by atoms with E-state index in [4.69, 9.17) is 0 Å². The Kier molecular flexibility index (Phi) is 4.30. The van der Waals surface area contributed by atoms with E-state index in [9.17, 15) is 5.11 Å². The largest absolute Gasteiger partial charge is 0.388 e. The van der Waals surface area contributed by atoms with Gasteiger partial charge in [0.05, 0.1) is 6.10 Å². The molecule has 0 bridgehead atoms. The molecule has 1 N–H and O–H groups in total. The van der Waals surface area contributed by atoms with Crippen LogP contribution >= 0.6 is 0 Å². The van der Waals surface area contributed by atoms with Gasteiger partial charge in [-0.3, -0.25) is 0 Å². The minimum Gasteiger partial charge on any atom is -0.388 e. The average Bonchev–Trinajstić information content (AvgIpc) is 2.53. The van der Waals surface area contributed by atoms with Gasteiger partial charge in [0.1, 0.15) is 0 Å². The van der Waals surface area contributed by atoms with Gasteiger partial charge in [0.25, 0.3) is 0 Å². The lowest BCUT2D eigenvalue weighted by atomic mass is 9.78. The summed E-state index contributed by atoms with van der Waals surface area (Å²) >= 11 is 0. The molecule has 0 radical (unpaired) electrons. The maximum absolute atomic E-state index is 10.3. The van der Waals surface area contributed by atoms with E-state index in [0.717, 1.165) is 24.4 Å². The average molecular weight is 273 g/mol. The van der Waals surface area contributed by atoms with E-state index in [1.807, 2.05) is 0 Å². The second-order valence-electron chi connectivity index (χ2n) is 6.43. The van der Waals surface area contributed by atoms with Crippen molar-refractivity contribution in [2.24, 2.45) is 5.92 Å². The van der Waals surface area contributed by atoms with Crippen molar-refractivity contribution in [2.45, 2.75) is 64.0 Å². The smallest absolute Gasteiger partial charge is 0.0807 e. The maximum Gasteiger partial charge on any atom is 0.0807 e. The number of benzene rings is 1. The summed E-state index contributed by atoms with van der Waals surface area (Å²) in [5.74, 6) is 0.879. The lowest BCUT2D eigenvalue weighted by Gasteiger charge is -2.46. The quantitative estimate of drug-likeness (QED) is 0.888. The fourth-order valence-electron chi connectivity index (χ4n) is 4.17. The molecule has 1 aliphatic carbocycles. The van der Waals surface area contributed by atoms with Crippen molar-refractivity contribution in [3.63, 3.8) is 0 Å². The second kappa shape index (κ2) is 6.17. The predicted octanol–water partition coefficient (Wildman–Crippen LogP) is 4.29. The Labute approximate surface area is 122 Å². The normalized spacial score (nSPS) is 28.0. The maximum atomic E-state index is 10.3. The molecule has 20 heavy (non-hydrogen) atoms. The van der Waals surface area contributed by atoms with Crippen LogP contribution in [0.25, 0.3) is 0 Å². The molecule has 3 atom stereocenters. The van der Waals surface area contributed by atoms with Crippen molar-refractivity contribution in [3.05, 3.63) is 29.8 Å². The van der Waals surface area contributed by atoms with Crippen LogP contribution in [0, 0.1) is 5.92 Å². The molecule has 1 saturated heterocycles. The van der Waals surface area contributed by atoms with Crippen molar-refractivity contribution >= 4 is 5.69 Å². The third-order valence-electron chi connectivity index (χ3n) is 5.24. The molecule has 2 aliphatic rings. The Morgan fingerprint density at radius 2 is 1.90 bits per heavy atom. The minimum atomic E-state index is -0.324. The number of piperidine rings is 1. The zero-order valence-electron chi connectivity index (χ0n) is 12.6. The van der Waals surface area contributed by atoms with E-state index >= 15 is 0 Å². The number of anilines is 1. The summed E-state index contributed by atoms with van der Waals surface area (Å²) in [4.78, 5) is 2.61. The zero-order valence-corrected chi connectivity index (χ0v) is 12.6. The van der Waals surface area contributed by atoms with E-state index in [2.05, 4.69) is 36.1 Å². The first kappa shape index (κ1) is 13.9. The number of hydrogen-bond acceptors (Lipinski definition) is 2. The fraction of sp³-hybridized carbons (Fsp3) is 0.667. The lowest BCUT2D eigenvalue weighted by Crippen LogP contribution is -2.47. The molecule has 1 heterocycles.